The first-order valence-electron chi connectivity index (χ1n) is 18.4. The van der Waals surface area contributed by atoms with E-state index in [2.05, 4.69) is 159 Å². The Morgan fingerprint density at radius 3 is 1.21 bits per heavy atom. The van der Waals surface area contributed by atoms with Crippen molar-refractivity contribution < 1.29 is 0 Å². The van der Waals surface area contributed by atoms with Gasteiger partial charge in [-0.2, -0.15) is 0 Å². The lowest BCUT2D eigenvalue weighted by molar-refractivity contribution is 0.344. The van der Waals surface area contributed by atoms with Gasteiger partial charge in [0, 0.05) is 39.9 Å². The topological polar surface area (TPSA) is 6.48 Å². The van der Waals surface area contributed by atoms with Gasteiger partial charge in [-0.15, -0.1) is 0 Å². The van der Waals surface area contributed by atoms with Crippen molar-refractivity contribution in [1.29, 1.82) is 0 Å². The predicted octanol–water partition coefficient (Wildman–Crippen LogP) is 13.0. The van der Waals surface area contributed by atoms with E-state index in [1.807, 2.05) is 0 Å². The Balaban J connectivity index is 1.22. The molecule has 246 valence electrons. The Morgan fingerprint density at radius 2 is 0.792 bits per heavy atom. The Kier molecular flexibility index (Phi) is 9.44. The summed E-state index contributed by atoms with van der Waals surface area (Å²) in [4.78, 5) is 5.03. The highest BCUT2D eigenvalue weighted by Crippen LogP contribution is 2.47. The van der Waals surface area contributed by atoms with Crippen LogP contribution in [0.2, 0.25) is 0 Å². The van der Waals surface area contributed by atoms with Gasteiger partial charge < -0.3 is 9.80 Å². The van der Waals surface area contributed by atoms with Crippen molar-refractivity contribution in [3.05, 3.63) is 149 Å². The molecule has 0 aliphatic heterocycles. The second-order valence-corrected chi connectivity index (χ2v) is 14.9. The summed E-state index contributed by atoms with van der Waals surface area (Å²) in [5.41, 5.74) is 13.0. The molecule has 48 heavy (non-hydrogen) atoms. The molecule has 2 nitrogen and oxygen atoms in total. The van der Waals surface area contributed by atoms with E-state index in [1.165, 1.54) is 114 Å². The Labute approximate surface area is 289 Å². The van der Waals surface area contributed by atoms with Gasteiger partial charge in [0.25, 0.3) is 0 Å². The van der Waals surface area contributed by atoms with Crippen LogP contribution in [0.25, 0.3) is 0 Å². The lowest BCUT2D eigenvalue weighted by atomic mass is 9.65. The molecule has 2 aliphatic carbocycles. The van der Waals surface area contributed by atoms with Crippen LogP contribution in [0.1, 0.15) is 92.5 Å². The number of hydrogen-bond donors (Lipinski definition) is 0. The van der Waals surface area contributed by atoms with Crippen LogP contribution in [0.15, 0.2) is 121 Å². The van der Waals surface area contributed by atoms with Crippen molar-refractivity contribution in [2.75, 3.05) is 9.80 Å². The molecule has 5 aromatic rings. The summed E-state index contributed by atoms with van der Waals surface area (Å²) in [6, 6.07) is 46.8. The second-order valence-electron chi connectivity index (χ2n) is 14.9. The molecule has 0 amide bonds. The van der Waals surface area contributed by atoms with Gasteiger partial charge in [-0.1, -0.05) is 104 Å². The third-order valence-corrected chi connectivity index (χ3v) is 11.3. The van der Waals surface area contributed by atoms with E-state index in [4.69, 9.17) is 0 Å². The van der Waals surface area contributed by atoms with Crippen LogP contribution in [0.3, 0.4) is 0 Å². The molecule has 0 bridgehead atoms. The predicted molar refractivity (Wildman–Crippen MR) is 206 cm³/mol. The minimum Gasteiger partial charge on any atom is -0.338 e. The molecule has 0 atom stereocenters. The van der Waals surface area contributed by atoms with Gasteiger partial charge in [-0.3, -0.25) is 0 Å². The van der Waals surface area contributed by atoms with E-state index < -0.39 is 0 Å². The van der Waals surface area contributed by atoms with E-state index in [9.17, 15) is 0 Å². The molecule has 0 saturated heterocycles. The monoisotopic (exact) mass is 632 g/mol. The molecular weight excluding hydrogens is 581 g/mol. The van der Waals surface area contributed by atoms with Crippen LogP contribution < -0.4 is 9.80 Å². The fraction of sp³-hybridized carbons (Fsp3) is 0.348. The maximum atomic E-state index is 2.64. The van der Waals surface area contributed by atoms with Crippen molar-refractivity contribution >= 4 is 28.4 Å². The molecular formula is C46H52N2. The highest BCUT2D eigenvalue weighted by molar-refractivity contribution is 5.77. The highest BCUT2D eigenvalue weighted by atomic mass is 15.2. The molecule has 2 aliphatic rings. The van der Waals surface area contributed by atoms with E-state index in [0.717, 1.165) is 5.92 Å². The Hall–Kier alpha value is -4.30. The van der Waals surface area contributed by atoms with E-state index >= 15 is 0 Å². The number of rotatable bonds is 8. The van der Waals surface area contributed by atoms with Gasteiger partial charge >= 0.3 is 0 Å². The first kappa shape index (κ1) is 32.3. The number of nitrogens with zero attached hydrogens (tertiary/aromatic N) is 2. The number of aryl methyl sites for hydroxylation is 3. The zero-order valence-electron chi connectivity index (χ0n) is 29.5. The van der Waals surface area contributed by atoms with Gasteiger partial charge in [-0.05, 0) is 137 Å². The summed E-state index contributed by atoms with van der Waals surface area (Å²) < 4.78 is 0. The maximum absolute atomic E-state index is 2.64. The van der Waals surface area contributed by atoms with Crippen LogP contribution >= 0.6 is 0 Å². The smallest absolute Gasteiger partial charge is 0.0461 e. The lowest BCUT2D eigenvalue weighted by Crippen LogP contribution is -2.34. The van der Waals surface area contributed by atoms with Gasteiger partial charge in [0.15, 0.2) is 0 Å². The van der Waals surface area contributed by atoms with Crippen LogP contribution in [0.4, 0.5) is 28.4 Å². The SMILES string of the molecule is Cc1ccc(N(c2ccc(C)cc2)c2ccc(C3(c4ccc(N(c5ccc(C)cc5)C5CCC(C)CC5)cc4)CCCCC3)cc2)cc1. The average molecular weight is 633 g/mol. The molecule has 2 heteroatoms. The summed E-state index contributed by atoms with van der Waals surface area (Å²) >= 11 is 0. The molecule has 5 aromatic carbocycles. The summed E-state index contributed by atoms with van der Waals surface area (Å²) in [6.45, 7) is 8.91. The molecule has 0 radical (unpaired) electrons. The summed E-state index contributed by atoms with van der Waals surface area (Å²) in [5, 5.41) is 0. The molecule has 0 spiro atoms. The van der Waals surface area contributed by atoms with E-state index in [-0.39, 0.29) is 5.41 Å². The number of hydrogen-bond acceptors (Lipinski definition) is 2. The second kappa shape index (κ2) is 14.0. The third-order valence-electron chi connectivity index (χ3n) is 11.3. The standard InChI is InChI=1S/C46H52N2/c1-34-8-20-40(21-9-34)47(41-22-10-35(2)11-23-41)44-28-16-38(17-29-44)46(32-6-5-7-33-46)39-18-30-45(31-19-39)48(42-24-12-36(3)13-25-42)43-26-14-37(4)15-27-43/h8-13,16-25,28-31,37,43H,5-7,14-15,26-27,32-33H2,1-4H3. The maximum Gasteiger partial charge on any atom is 0.0461 e. The first-order valence-corrected chi connectivity index (χ1v) is 18.4. The minimum absolute atomic E-state index is 0.0445. The van der Waals surface area contributed by atoms with Crippen molar-refractivity contribution in [3.8, 4) is 0 Å². The summed E-state index contributed by atoms with van der Waals surface area (Å²) in [6.07, 6.45) is 11.4. The normalized spacial score (nSPS) is 19.1. The molecule has 2 saturated carbocycles. The van der Waals surface area contributed by atoms with Crippen molar-refractivity contribution in [2.45, 2.75) is 96.9 Å². The quantitative estimate of drug-likeness (QED) is 0.168. The van der Waals surface area contributed by atoms with Crippen LogP contribution in [0, 0.1) is 26.7 Å². The van der Waals surface area contributed by atoms with Crippen LogP contribution in [-0.4, -0.2) is 6.04 Å². The van der Waals surface area contributed by atoms with Gasteiger partial charge in [0.1, 0.15) is 0 Å². The summed E-state index contributed by atoms with van der Waals surface area (Å²) in [5.74, 6) is 0.835. The van der Waals surface area contributed by atoms with Gasteiger partial charge in [0.05, 0.1) is 0 Å². The fourth-order valence-electron chi connectivity index (χ4n) is 8.38. The number of anilines is 5. The molecule has 0 N–H and O–H groups in total. The van der Waals surface area contributed by atoms with Crippen molar-refractivity contribution in [2.24, 2.45) is 5.92 Å². The molecule has 0 aromatic heterocycles. The average Bonchev–Trinajstić information content (AvgIpc) is 3.13. The van der Waals surface area contributed by atoms with Crippen molar-refractivity contribution in [3.63, 3.8) is 0 Å². The fourth-order valence-corrected chi connectivity index (χ4v) is 8.38. The number of benzene rings is 5. The van der Waals surface area contributed by atoms with E-state index in [0.29, 0.717) is 6.04 Å². The summed E-state index contributed by atoms with van der Waals surface area (Å²) in [7, 11) is 0. The largest absolute Gasteiger partial charge is 0.338 e. The van der Waals surface area contributed by atoms with Crippen LogP contribution in [-0.2, 0) is 5.41 Å². The zero-order chi connectivity index (χ0) is 33.1. The highest BCUT2D eigenvalue weighted by Gasteiger charge is 2.36. The molecule has 0 heterocycles. The lowest BCUT2D eigenvalue weighted by Gasteiger charge is -2.40. The first-order chi connectivity index (χ1) is 23.4. The van der Waals surface area contributed by atoms with Crippen molar-refractivity contribution in [1.82, 2.24) is 0 Å². The van der Waals surface area contributed by atoms with E-state index in [1.54, 1.807) is 0 Å². The molecule has 0 unspecified atom stereocenters. The Morgan fingerprint density at radius 1 is 0.438 bits per heavy atom. The third kappa shape index (κ3) is 6.68. The molecule has 2 fully saturated rings. The van der Waals surface area contributed by atoms with Gasteiger partial charge in [0.2, 0.25) is 0 Å². The zero-order valence-corrected chi connectivity index (χ0v) is 29.5. The van der Waals surface area contributed by atoms with Crippen LogP contribution in [0.5, 0.6) is 0 Å². The molecule has 7 rings (SSSR count). The Bertz CT molecular complexity index is 1710. The van der Waals surface area contributed by atoms with Gasteiger partial charge in [-0.25, -0.2) is 0 Å². The minimum atomic E-state index is 0.0445.